The van der Waals surface area contributed by atoms with Crippen molar-refractivity contribution in [2.45, 2.75) is 64.9 Å². The third-order valence-electron chi connectivity index (χ3n) is 5.43. The molecule has 0 aliphatic heterocycles. The lowest BCUT2D eigenvalue weighted by Gasteiger charge is -2.24. The highest BCUT2D eigenvalue weighted by Gasteiger charge is 2.21. The second-order valence-electron chi connectivity index (χ2n) is 8.19. The molecule has 2 aromatic carbocycles. The number of fused-ring (bicyclic) bond motifs is 1. The van der Waals surface area contributed by atoms with Crippen LogP contribution in [0.2, 0.25) is 0 Å². The van der Waals surface area contributed by atoms with Gasteiger partial charge < -0.3 is 15.2 Å². The summed E-state index contributed by atoms with van der Waals surface area (Å²) in [6.07, 6.45) is 2.14. The predicted molar refractivity (Wildman–Crippen MR) is 113 cm³/mol. The molecule has 150 valence electrons. The van der Waals surface area contributed by atoms with Gasteiger partial charge >= 0.3 is 0 Å². The lowest BCUT2D eigenvalue weighted by Crippen LogP contribution is -2.23. The number of aliphatic hydroxyl groups is 1. The molecule has 4 nitrogen and oxygen atoms in total. The maximum atomic E-state index is 12.7. The average Bonchev–Trinajstić information content (AvgIpc) is 2.66. The van der Waals surface area contributed by atoms with E-state index in [2.05, 4.69) is 51.2 Å². The van der Waals surface area contributed by atoms with Gasteiger partial charge in [0.05, 0.1) is 6.10 Å². The van der Waals surface area contributed by atoms with Crippen molar-refractivity contribution < 1.29 is 14.6 Å². The largest absolute Gasteiger partial charge is 0.483 e. The maximum absolute atomic E-state index is 12.7. The summed E-state index contributed by atoms with van der Waals surface area (Å²) in [6, 6.07) is 11.9. The van der Waals surface area contributed by atoms with Crippen molar-refractivity contribution in [3.8, 4) is 5.75 Å². The highest BCUT2D eigenvalue weighted by atomic mass is 16.5. The molecule has 0 fully saturated rings. The highest BCUT2D eigenvalue weighted by Crippen LogP contribution is 2.35. The first-order valence-electron chi connectivity index (χ1n) is 10.2. The minimum absolute atomic E-state index is 0.0451. The third kappa shape index (κ3) is 4.39. The van der Waals surface area contributed by atoms with E-state index in [4.69, 9.17) is 4.74 Å². The van der Waals surface area contributed by atoms with Crippen molar-refractivity contribution in [1.82, 2.24) is 0 Å². The number of carbonyl (C=O) groups excluding carboxylic acids is 1. The van der Waals surface area contributed by atoms with Gasteiger partial charge in [-0.3, -0.25) is 4.79 Å². The molecule has 0 bridgehead atoms. The molecule has 0 spiro atoms. The van der Waals surface area contributed by atoms with Crippen LogP contribution in [0.25, 0.3) is 0 Å². The van der Waals surface area contributed by atoms with Crippen molar-refractivity contribution in [2.24, 2.45) is 0 Å². The Labute approximate surface area is 167 Å². The highest BCUT2D eigenvalue weighted by molar-refractivity contribution is 5.93. The van der Waals surface area contributed by atoms with E-state index in [9.17, 15) is 9.90 Å². The standard InChI is InChI=1S/C24H31NO3/c1-15(2)17-8-5-9-18(16(3)4)24(17)25-23(27)14-28-22-13-7-10-19-20(22)11-6-12-21(19)26/h5,7-10,13,15-16,21,26H,6,11-12,14H2,1-4H3,(H,25,27). The van der Waals surface area contributed by atoms with E-state index in [1.807, 2.05) is 18.2 Å². The lowest BCUT2D eigenvalue weighted by atomic mass is 9.89. The molecular formula is C24H31NO3. The van der Waals surface area contributed by atoms with E-state index in [1.165, 1.54) is 0 Å². The number of para-hydroxylation sites is 1. The maximum Gasteiger partial charge on any atom is 0.262 e. The summed E-state index contributed by atoms with van der Waals surface area (Å²) in [5.41, 5.74) is 5.14. The number of hydrogen-bond acceptors (Lipinski definition) is 3. The molecule has 1 unspecified atom stereocenters. The Bertz CT molecular complexity index is 815. The van der Waals surface area contributed by atoms with Crippen LogP contribution in [-0.2, 0) is 11.2 Å². The molecule has 1 aliphatic carbocycles. The van der Waals surface area contributed by atoms with Crippen molar-refractivity contribution >= 4 is 11.6 Å². The topological polar surface area (TPSA) is 58.6 Å². The van der Waals surface area contributed by atoms with Crippen LogP contribution in [-0.4, -0.2) is 17.6 Å². The first-order chi connectivity index (χ1) is 13.4. The third-order valence-corrected chi connectivity index (χ3v) is 5.43. The summed E-state index contributed by atoms with van der Waals surface area (Å²) >= 11 is 0. The summed E-state index contributed by atoms with van der Waals surface area (Å²) in [4.78, 5) is 12.7. The minimum atomic E-state index is -0.437. The van der Waals surface area contributed by atoms with Gasteiger partial charge in [0.1, 0.15) is 5.75 Å². The van der Waals surface area contributed by atoms with Crippen LogP contribution in [0.4, 0.5) is 5.69 Å². The Kier molecular flexibility index (Phi) is 6.40. The molecule has 0 aromatic heterocycles. The molecule has 2 N–H and O–H groups in total. The predicted octanol–water partition coefficient (Wildman–Crippen LogP) is 5.32. The van der Waals surface area contributed by atoms with Gasteiger partial charge in [0.2, 0.25) is 0 Å². The summed E-state index contributed by atoms with van der Waals surface area (Å²) in [5, 5.41) is 13.3. The number of benzene rings is 2. The van der Waals surface area contributed by atoms with Crippen LogP contribution < -0.4 is 10.1 Å². The summed E-state index contributed by atoms with van der Waals surface area (Å²) in [6.45, 7) is 8.48. The van der Waals surface area contributed by atoms with Crippen molar-refractivity contribution in [1.29, 1.82) is 0 Å². The Morgan fingerprint density at radius 2 is 1.75 bits per heavy atom. The first-order valence-corrected chi connectivity index (χ1v) is 10.2. The fourth-order valence-electron chi connectivity index (χ4n) is 3.94. The monoisotopic (exact) mass is 381 g/mol. The number of amides is 1. The average molecular weight is 382 g/mol. The van der Waals surface area contributed by atoms with Gasteiger partial charge in [-0.1, -0.05) is 58.0 Å². The summed E-state index contributed by atoms with van der Waals surface area (Å²) < 4.78 is 5.86. The van der Waals surface area contributed by atoms with E-state index in [0.29, 0.717) is 17.6 Å². The molecule has 0 radical (unpaired) electrons. The molecular weight excluding hydrogens is 350 g/mol. The van der Waals surface area contributed by atoms with Crippen LogP contribution in [0.5, 0.6) is 5.75 Å². The van der Waals surface area contributed by atoms with Crippen LogP contribution in [0.15, 0.2) is 36.4 Å². The van der Waals surface area contributed by atoms with Crippen molar-refractivity contribution in [3.05, 3.63) is 58.7 Å². The minimum Gasteiger partial charge on any atom is -0.483 e. The Morgan fingerprint density at radius 3 is 2.39 bits per heavy atom. The zero-order valence-electron chi connectivity index (χ0n) is 17.3. The Hall–Kier alpha value is -2.33. The van der Waals surface area contributed by atoms with Gasteiger partial charge in [-0.25, -0.2) is 0 Å². The fraction of sp³-hybridized carbons (Fsp3) is 0.458. The van der Waals surface area contributed by atoms with Crippen LogP contribution >= 0.6 is 0 Å². The number of anilines is 1. The number of nitrogens with one attached hydrogen (secondary N) is 1. The number of rotatable bonds is 6. The normalized spacial score (nSPS) is 16.2. The van der Waals surface area contributed by atoms with Gasteiger partial charge in [0.25, 0.3) is 5.91 Å². The zero-order valence-corrected chi connectivity index (χ0v) is 17.3. The SMILES string of the molecule is CC(C)c1cccc(C(C)C)c1NC(=O)COc1cccc2c1CCCC2O. The zero-order chi connectivity index (χ0) is 20.3. The molecule has 1 aliphatic rings. The van der Waals surface area contributed by atoms with Crippen molar-refractivity contribution in [2.75, 3.05) is 11.9 Å². The van der Waals surface area contributed by atoms with E-state index in [-0.39, 0.29) is 12.5 Å². The molecule has 2 aromatic rings. The van der Waals surface area contributed by atoms with E-state index in [0.717, 1.165) is 47.2 Å². The van der Waals surface area contributed by atoms with E-state index in [1.54, 1.807) is 0 Å². The van der Waals surface area contributed by atoms with E-state index >= 15 is 0 Å². The molecule has 4 heteroatoms. The van der Waals surface area contributed by atoms with Crippen LogP contribution in [0.3, 0.4) is 0 Å². The number of hydrogen-bond donors (Lipinski definition) is 2. The van der Waals surface area contributed by atoms with Crippen LogP contribution in [0, 0.1) is 0 Å². The summed E-state index contributed by atoms with van der Waals surface area (Å²) in [7, 11) is 0. The molecule has 1 atom stereocenters. The number of carbonyl (C=O) groups is 1. The number of aliphatic hydroxyl groups excluding tert-OH is 1. The smallest absolute Gasteiger partial charge is 0.262 e. The molecule has 0 saturated heterocycles. The molecule has 0 saturated carbocycles. The molecule has 0 heterocycles. The van der Waals surface area contributed by atoms with Crippen LogP contribution in [0.1, 0.15) is 80.7 Å². The van der Waals surface area contributed by atoms with Crippen molar-refractivity contribution in [3.63, 3.8) is 0 Å². The Balaban J connectivity index is 1.75. The van der Waals surface area contributed by atoms with Gasteiger partial charge in [-0.15, -0.1) is 0 Å². The molecule has 28 heavy (non-hydrogen) atoms. The van der Waals surface area contributed by atoms with Gasteiger partial charge in [-0.2, -0.15) is 0 Å². The first kappa shape index (κ1) is 20.4. The van der Waals surface area contributed by atoms with Gasteiger partial charge in [0.15, 0.2) is 6.61 Å². The molecule has 3 rings (SSSR count). The fourth-order valence-corrected chi connectivity index (χ4v) is 3.94. The summed E-state index contributed by atoms with van der Waals surface area (Å²) in [5.74, 6) is 1.17. The second kappa shape index (κ2) is 8.78. The number of ether oxygens (including phenoxy) is 1. The van der Waals surface area contributed by atoms with E-state index < -0.39 is 6.10 Å². The molecule has 1 amide bonds. The quantitative estimate of drug-likeness (QED) is 0.712. The van der Waals surface area contributed by atoms with Gasteiger partial charge in [-0.05, 0) is 59.4 Å². The lowest BCUT2D eigenvalue weighted by molar-refractivity contribution is -0.118. The second-order valence-corrected chi connectivity index (χ2v) is 8.19. The Morgan fingerprint density at radius 1 is 1.11 bits per heavy atom. The van der Waals surface area contributed by atoms with Gasteiger partial charge in [0, 0.05) is 5.69 Å².